The summed E-state index contributed by atoms with van der Waals surface area (Å²) in [5, 5.41) is 2.54. The fourth-order valence-corrected chi connectivity index (χ4v) is 1.79. The van der Waals surface area contributed by atoms with E-state index in [1.54, 1.807) is 0 Å². The van der Waals surface area contributed by atoms with Gasteiger partial charge in [-0.05, 0) is 23.6 Å². The molecule has 0 bridgehead atoms. The van der Waals surface area contributed by atoms with Crippen molar-refractivity contribution in [2.24, 2.45) is 0 Å². The summed E-state index contributed by atoms with van der Waals surface area (Å²) in [6.07, 6.45) is -3.91. The molecule has 0 saturated heterocycles. The van der Waals surface area contributed by atoms with Gasteiger partial charge in [0, 0.05) is 19.2 Å². The van der Waals surface area contributed by atoms with Gasteiger partial charge < -0.3 is 10.1 Å². The van der Waals surface area contributed by atoms with Crippen LogP contribution in [0.1, 0.15) is 23.2 Å². The largest absolute Gasteiger partial charge is 0.445 e. The summed E-state index contributed by atoms with van der Waals surface area (Å²) < 4.78 is 42.2. The first kappa shape index (κ1) is 18.3. The van der Waals surface area contributed by atoms with Crippen molar-refractivity contribution in [3.63, 3.8) is 0 Å². The summed E-state index contributed by atoms with van der Waals surface area (Å²) in [6.45, 7) is 0.440. The van der Waals surface area contributed by atoms with Crippen LogP contribution in [0.3, 0.4) is 0 Å². The molecule has 0 radical (unpaired) electrons. The summed E-state index contributed by atoms with van der Waals surface area (Å²) in [7, 11) is 0. The van der Waals surface area contributed by atoms with Crippen LogP contribution in [0.25, 0.3) is 0 Å². The lowest BCUT2D eigenvalue weighted by molar-refractivity contribution is -0.137. The Labute approximate surface area is 143 Å². The van der Waals surface area contributed by atoms with Crippen LogP contribution < -0.4 is 5.32 Å². The number of pyridine rings is 1. The van der Waals surface area contributed by atoms with Gasteiger partial charge in [-0.15, -0.1) is 0 Å². The molecular weight excluding hydrogens is 333 g/mol. The third-order valence-electron chi connectivity index (χ3n) is 3.04. The second-order valence-corrected chi connectivity index (χ2v) is 4.97. The number of amides is 1. The molecule has 0 spiro atoms. The van der Waals surface area contributed by atoms with Crippen LogP contribution in [0.2, 0.25) is 0 Å². The van der Waals surface area contributed by atoms with Crippen molar-refractivity contribution in [3.8, 4) is 11.8 Å². The lowest BCUT2D eigenvalue weighted by atomic mass is 10.2. The molecule has 0 fully saturated rings. The van der Waals surface area contributed by atoms with Crippen LogP contribution >= 0.6 is 0 Å². The van der Waals surface area contributed by atoms with Gasteiger partial charge >= 0.3 is 12.3 Å². The van der Waals surface area contributed by atoms with E-state index < -0.39 is 17.8 Å². The maximum absolute atomic E-state index is 12.4. The number of benzene rings is 1. The average Bonchev–Trinajstić information content (AvgIpc) is 2.60. The number of carbonyl (C=O) groups is 1. The standard InChI is InChI=1S/C18H15F3N2O2/c19-18(20,21)15-9-10-16(23-12-15)8-4-5-11-22-17(24)25-13-14-6-2-1-3-7-14/h1-3,6-7,9-10,12H,5,11,13H2,(H,22,24). The van der Waals surface area contributed by atoms with Crippen molar-refractivity contribution in [3.05, 3.63) is 65.5 Å². The molecule has 1 amide bonds. The third-order valence-corrected chi connectivity index (χ3v) is 3.04. The van der Waals surface area contributed by atoms with Gasteiger partial charge in [0.15, 0.2) is 0 Å². The number of aromatic nitrogens is 1. The Balaban J connectivity index is 1.69. The van der Waals surface area contributed by atoms with Gasteiger partial charge in [-0.2, -0.15) is 13.2 Å². The monoisotopic (exact) mass is 348 g/mol. The number of rotatable bonds is 4. The number of halogens is 3. The van der Waals surface area contributed by atoms with Crippen molar-refractivity contribution in [1.82, 2.24) is 10.3 Å². The first-order valence-electron chi connectivity index (χ1n) is 7.42. The summed E-state index contributed by atoms with van der Waals surface area (Å²) in [4.78, 5) is 15.1. The molecule has 1 aromatic carbocycles. The van der Waals surface area contributed by atoms with E-state index in [1.165, 1.54) is 6.07 Å². The minimum absolute atomic E-state index is 0.174. The molecule has 2 aromatic rings. The lowest BCUT2D eigenvalue weighted by Crippen LogP contribution is -2.24. The van der Waals surface area contributed by atoms with Crippen LogP contribution in [0.4, 0.5) is 18.0 Å². The summed E-state index contributed by atoms with van der Waals surface area (Å²) in [5.41, 5.74) is 0.298. The van der Waals surface area contributed by atoms with Crippen LogP contribution in [-0.4, -0.2) is 17.6 Å². The highest BCUT2D eigenvalue weighted by Gasteiger charge is 2.30. The number of carbonyl (C=O) groups excluding carboxylic acids is 1. The Kier molecular flexibility index (Phi) is 6.40. The Morgan fingerprint density at radius 3 is 2.56 bits per heavy atom. The predicted octanol–water partition coefficient (Wildman–Crippen LogP) is 3.77. The minimum Gasteiger partial charge on any atom is -0.445 e. The quantitative estimate of drug-likeness (QED) is 0.676. The number of hydrogen-bond acceptors (Lipinski definition) is 3. The van der Waals surface area contributed by atoms with E-state index in [0.29, 0.717) is 6.42 Å². The first-order valence-corrected chi connectivity index (χ1v) is 7.42. The van der Waals surface area contributed by atoms with Crippen LogP contribution in [-0.2, 0) is 17.5 Å². The lowest BCUT2D eigenvalue weighted by Gasteiger charge is -2.05. The van der Waals surface area contributed by atoms with Crippen molar-refractivity contribution in [2.75, 3.05) is 6.54 Å². The van der Waals surface area contributed by atoms with Gasteiger partial charge in [0.05, 0.1) is 5.56 Å². The SMILES string of the molecule is O=C(NCCC#Cc1ccc(C(F)(F)F)cn1)OCc1ccccc1. The molecule has 7 heteroatoms. The number of nitrogens with one attached hydrogen (secondary N) is 1. The molecule has 0 aliphatic rings. The Morgan fingerprint density at radius 2 is 1.92 bits per heavy atom. The van der Waals surface area contributed by atoms with Gasteiger partial charge in [-0.3, -0.25) is 0 Å². The summed E-state index contributed by atoms with van der Waals surface area (Å²) >= 11 is 0. The molecule has 2 rings (SSSR count). The summed E-state index contributed by atoms with van der Waals surface area (Å²) in [5.74, 6) is 5.36. The van der Waals surface area contributed by atoms with E-state index in [0.717, 1.165) is 17.8 Å². The molecule has 1 aromatic heterocycles. The Bertz CT molecular complexity index is 748. The second kappa shape index (κ2) is 8.73. The zero-order chi connectivity index (χ0) is 18.1. The van der Waals surface area contributed by atoms with Crippen molar-refractivity contribution >= 4 is 6.09 Å². The van der Waals surface area contributed by atoms with E-state index in [4.69, 9.17) is 4.74 Å². The number of alkyl carbamates (subject to hydrolysis) is 1. The average molecular weight is 348 g/mol. The molecular formula is C18H15F3N2O2. The molecule has 130 valence electrons. The van der Waals surface area contributed by atoms with E-state index in [1.807, 2.05) is 30.3 Å². The normalized spacial score (nSPS) is 10.5. The molecule has 0 unspecified atom stereocenters. The van der Waals surface area contributed by atoms with Gasteiger partial charge in [-0.25, -0.2) is 9.78 Å². The molecule has 1 heterocycles. The van der Waals surface area contributed by atoms with Crippen LogP contribution in [0.15, 0.2) is 48.7 Å². The molecule has 1 N–H and O–H groups in total. The molecule has 0 atom stereocenters. The maximum Gasteiger partial charge on any atom is 0.417 e. The highest BCUT2D eigenvalue weighted by molar-refractivity contribution is 5.67. The van der Waals surface area contributed by atoms with Gasteiger partial charge in [0.25, 0.3) is 0 Å². The number of ether oxygens (including phenoxy) is 1. The van der Waals surface area contributed by atoms with Crippen LogP contribution in [0, 0.1) is 11.8 Å². The van der Waals surface area contributed by atoms with E-state index in [-0.39, 0.29) is 18.8 Å². The zero-order valence-electron chi connectivity index (χ0n) is 13.1. The number of nitrogens with zero attached hydrogens (tertiary/aromatic N) is 1. The van der Waals surface area contributed by atoms with Crippen molar-refractivity contribution in [1.29, 1.82) is 0 Å². The molecule has 25 heavy (non-hydrogen) atoms. The fourth-order valence-electron chi connectivity index (χ4n) is 1.79. The van der Waals surface area contributed by atoms with Gasteiger partial charge in [0.1, 0.15) is 12.3 Å². The topological polar surface area (TPSA) is 51.2 Å². The molecule has 4 nitrogen and oxygen atoms in total. The molecule has 0 saturated carbocycles. The zero-order valence-corrected chi connectivity index (χ0v) is 13.1. The number of alkyl halides is 3. The van der Waals surface area contributed by atoms with Crippen molar-refractivity contribution in [2.45, 2.75) is 19.2 Å². The smallest absolute Gasteiger partial charge is 0.417 e. The molecule has 0 aliphatic carbocycles. The summed E-state index contributed by atoms with van der Waals surface area (Å²) in [6, 6.07) is 11.4. The Hall–Kier alpha value is -3.01. The van der Waals surface area contributed by atoms with E-state index in [9.17, 15) is 18.0 Å². The minimum atomic E-state index is -4.41. The highest BCUT2D eigenvalue weighted by atomic mass is 19.4. The molecule has 0 aliphatic heterocycles. The Morgan fingerprint density at radius 1 is 1.16 bits per heavy atom. The van der Waals surface area contributed by atoms with Gasteiger partial charge in [-0.1, -0.05) is 36.3 Å². The third kappa shape index (κ3) is 6.55. The van der Waals surface area contributed by atoms with E-state index >= 15 is 0 Å². The second-order valence-electron chi connectivity index (χ2n) is 4.97. The first-order chi connectivity index (χ1) is 11.9. The predicted molar refractivity (Wildman–Crippen MR) is 85.4 cm³/mol. The maximum atomic E-state index is 12.4. The number of hydrogen-bond donors (Lipinski definition) is 1. The highest BCUT2D eigenvalue weighted by Crippen LogP contribution is 2.28. The fraction of sp³-hybridized carbons (Fsp3) is 0.222. The van der Waals surface area contributed by atoms with Crippen molar-refractivity contribution < 1.29 is 22.7 Å². The van der Waals surface area contributed by atoms with Crippen LogP contribution in [0.5, 0.6) is 0 Å². The van der Waals surface area contributed by atoms with E-state index in [2.05, 4.69) is 22.1 Å². The van der Waals surface area contributed by atoms with Gasteiger partial charge in [0.2, 0.25) is 0 Å².